The van der Waals surface area contributed by atoms with Crippen LogP contribution in [0.3, 0.4) is 0 Å². The van der Waals surface area contributed by atoms with Gasteiger partial charge >= 0.3 is 0 Å². The highest BCUT2D eigenvalue weighted by atomic mass is 35.5. The summed E-state index contributed by atoms with van der Waals surface area (Å²) in [5, 5.41) is 0.916. The molecular formula is C17H14Cl2O4. The van der Waals surface area contributed by atoms with Gasteiger partial charge in [-0.1, -0.05) is 0 Å². The largest absolute Gasteiger partial charge is 0.496 e. The van der Waals surface area contributed by atoms with Crippen LogP contribution in [0.1, 0.15) is 11.1 Å². The zero-order valence-corrected chi connectivity index (χ0v) is 14.1. The van der Waals surface area contributed by atoms with Gasteiger partial charge in [0.1, 0.15) is 22.7 Å². The number of hydrogen-bond acceptors (Lipinski definition) is 4. The summed E-state index contributed by atoms with van der Waals surface area (Å²) in [5.41, 5.74) is 1.96. The first-order valence-electron chi connectivity index (χ1n) is 6.90. The number of halogens is 2. The van der Waals surface area contributed by atoms with Crippen molar-refractivity contribution in [3.8, 4) is 11.5 Å². The van der Waals surface area contributed by atoms with E-state index in [1.807, 2.05) is 0 Å². The molecule has 0 bridgehead atoms. The number of alkyl halides is 2. The van der Waals surface area contributed by atoms with Crippen LogP contribution >= 0.6 is 23.2 Å². The molecule has 3 rings (SSSR count). The van der Waals surface area contributed by atoms with Gasteiger partial charge in [-0.05, 0) is 24.3 Å². The van der Waals surface area contributed by atoms with E-state index in [0.29, 0.717) is 44.6 Å². The molecule has 0 N–H and O–H groups in total. The maximum Gasteiger partial charge on any atom is 0.200 e. The normalized spacial score (nSPS) is 11.1. The van der Waals surface area contributed by atoms with E-state index in [0.717, 1.165) is 0 Å². The molecule has 0 radical (unpaired) electrons. The third kappa shape index (κ3) is 2.42. The highest BCUT2D eigenvalue weighted by molar-refractivity contribution is 6.19. The first-order chi connectivity index (χ1) is 11.2. The smallest absolute Gasteiger partial charge is 0.200 e. The number of rotatable bonds is 4. The third-order valence-electron chi connectivity index (χ3n) is 3.84. The molecule has 0 aliphatic heterocycles. The van der Waals surface area contributed by atoms with Crippen LogP contribution < -0.4 is 14.9 Å². The molecule has 3 aromatic rings. The average molecular weight is 353 g/mol. The Hall–Kier alpha value is -1.91. The van der Waals surface area contributed by atoms with Crippen LogP contribution in [0.5, 0.6) is 11.5 Å². The average Bonchev–Trinajstić information content (AvgIpc) is 2.59. The summed E-state index contributed by atoms with van der Waals surface area (Å²) in [6.07, 6.45) is 0. The fourth-order valence-electron chi connectivity index (χ4n) is 2.69. The van der Waals surface area contributed by atoms with Crippen molar-refractivity contribution in [1.82, 2.24) is 0 Å². The van der Waals surface area contributed by atoms with E-state index in [1.54, 1.807) is 38.5 Å². The minimum Gasteiger partial charge on any atom is -0.496 e. The molecule has 0 aliphatic rings. The number of ether oxygens (including phenoxy) is 2. The van der Waals surface area contributed by atoms with Gasteiger partial charge in [0.15, 0.2) is 0 Å². The summed E-state index contributed by atoms with van der Waals surface area (Å²) in [6, 6.07) is 6.80. The van der Waals surface area contributed by atoms with Gasteiger partial charge in [0.2, 0.25) is 5.43 Å². The Bertz CT molecular complexity index is 874. The summed E-state index contributed by atoms with van der Waals surface area (Å²) in [5.74, 6) is 1.47. The highest BCUT2D eigenvalue weighted by Crippen LogP contribution is 2.34. The van der Waals surface area contributed by atoms with E-state index >= 15 is 0 Å². The van der Waals surface area contributed by atoms with E-state index in [2.05, 4.69) is 0 Å². The Morgan fingerprint density at radius 3 is 1.65 bits per heavy atom. The second-order valence-corrected chi connectivity index (χ2v) is 5.48. The summed E-state index contributed by atoms with van der Waals surface area (Å²) in [4.78, 5) is 12.8. The molecule has 1 heterocycles. The van der Waals surface area contributed by atoms with Crippen molar-refractivity contribution < 1.29 is 13.9 Å². The minimum absolute atomic E-state index is 0.135. The summed E-state index contributed by atoms with van der Waals surface area (Å²) < 4.78 is 16.6. The molecule has 0 unspecified atom stereocenters. The molecule has 2 aromatic carbocycles. The van der Waals surface area contributed by atoms with Crippen molar-refractivity contribution >= 4 is 45.1 Å². The third-order valence-corrected chi connectivity index (χ3v) is 4.37. The molecule has 0 aliphatic carbocycles. The lowest BCUT2D eigenvalue weighted by molar-refractivity contribution is 0.409. The Labute approximate surface area is 142 Å². The van der Waals surface area contributed by atoms with Crippen molar-refractivity contribution in [3.63, 3.8) is 0 Å². The molecular weight excluding hydrogens is 339 g/mol. The molecule has 0 atom stereocenters. The quantitative estimate of drug-likeness (QED) is 0.514. The summed E-state index contributed by atoms with van der Waals surface area (Å²) in [7, 11) is 3.09. The van der Waals surface area contributed by atoms with Crippen molar-refractivity contribution in [2.45, 2.75) is 11.8 Å². The van der Waals surface area contributed by atoms with Gasteiger partial charge < -0.3 is 13.9 Å². The fourth-order valence-corrected chi connectivity index (χ4v) is 3.20. The Kier molecular flexibility index (Phi) is 4.37. The molecule has 23 heavy (non-hydrogen) atoms. The van der Waals surface area contributed by atoms with Gasteiger partial charge in [-0.2, -0.15) is 0 Å². The SMILES string of the molecule is COc1ccc2c(=O)c3ccc(OC)c(CCl)c3oc2c1CCl. The van der Waals surface area contributed by atoms with Crippen LogP contribution in [0, 0.1) is 0 Å². The summed E-state index contributed by atoms with van der Waals surface area (Å²) in [6.45, 7) is 0. The zero-order chi connectivity index (χ0) is 16.6. The van der Waals surface area contributed by atoms with Crippen molar-refractivity contribution in [1.29, 1.82) is 0 Å². The predicted molar refractivity (Wildman–Crippen MR) is 92.2 cm³/mol. The Morgan fingerprint density at radius 1 is 0.870 bits per heavy atom. The molecule has 4 nitrogen and oxygen atoms in total. The maximum atomic E-state index is 12.8. The van der Waals surface area contributed by atoms with E-state index in [9.17, 15) is 4.79 Å². The fraction of sp³-hybridized carbons (Fsp3) is 0.235. The van der Waals surface area contributed by atoms with E-state index in [-0.39, 0.29) is 17.2 Å². The predicted octanol–water partition coefficient (Wildman–Crippen LogP) is 4.44. The molecule has 0 fully saturated rings. The standard InChI is InChI=1S/C17H14Cl2O4/c1-21-13-5-3-9-15(20)10-4-6-14(22-2)12(8-19)17(10)23-16(9)11(13)7-18/h3-6H,7-8H2,1-2H3. The molecule has 0 amide bonds. The van der Waals surface area contributed by atoms with Crippen LogP contribution in [0.25, 0.3) is 21.9 Å². The molecule has 6 heteroatoms. The Morgan fingerprint density at radius 2 is 1.30 bits per heavy atom. The highest BCUT2D eigenvalue weighted by Gasteiger charge is 2.18. The maximum absolute atomic E-state index is 12.8. The second-order valence-electron chi connectivity index (χ2n) is 4.94. The molecule has 1 aromatic heterocycles. The lowest BCUT2D eigenvalue weighted by Crippen LogP contribution is -2.06. The second kappa shape index (κ2) is 6.30. The number of benzene rings is 2. The zero-order valence-electron chi connectivity index (χ0n) is 12.6. The molecule has 120 valence electrons. The summed E-state index contributed by atoms with van der Waals surface area (Å²) >= 11 is 12.1. The number of fused-ring (bicyclic) bond motifs is 2. The topological polar surface area (TPSA) is 48.7 Å². The van der Waals surface area contributed by atoms with Gasteiger partial charge in [0.05, 0.1) is 47.9 Å². The monoisotopic (exact) mass is 352 g/mol. The van der Waals surface area contributed by atoms with Crippen LogP contribution in [0.2, 0.25) is 0 Å². The number of methoxy groups -OCH3 is 2. The van der Waals surface area contributed by atoms with Gasteiger partial charge in [0.25, 0.3) is 0 Å². The van der Waals surface area contributed by atoms with E-state index < -0.39 is 0 Å². The number of hydrogen-bond donors (Lipinski definition) is 0. The molecule has 0 saturated heterocycles. The van der Waals surface area contributed by atoms with E-state index in [4.69, 9.17) is 37.1 Å². The first kappa shape index (κ1) is 16.0. The van der Waals surface area contributed by atoms with Gasteiger partial charge in [-0.3, -0.25) is 4.79 Å². The Balaban J connectivity index is 2.53. The molecule has 0 saturated carbocycles. The van der Waals surface area contributed by atoms with Gasteiger partial charge in [-0.25, -0.2) is 0 Å². The van der Waals surface area contributed by atoms with Crippen molar-refractivity contribution in [2.75, 3.05) is 14.2 Å². The van der Waals surface area contributed by atoms with Crippen molar-refractivity contribution in [3.05, 3.63) is 45.6 Å². The lowest BCUT2D eigenvalue weighted by Gasteiger charge is -2.12. The molecule has 0 spiro atoms. The van der Waals surface area contributed by atoms with Gasteiger partial charge in [0, 0.05) is 0 Å². The van der Waals surface area contributed by atoms with Gasteiger partial charge in [-0.15, -0.1) is 23.2 Å². The lowest BCUT2D eigenvalue weighted by atomic mass is 10.1. The minimum atomic E-state index is -0.135. The van der Waals surface area contributed by atoms with Crippen LogP contribution in [-0.4, -0.2) is 14.2 Å². The van der Waals surface area contributed by atoms with Crippen molar-refractivity contribution in [2.24, 2.45) is 0 Å². The van der Waals surface area contributed by atoms with Crippen LogP contribution in [-0.2, 0) is 11.8 Å². The van der Waals surface area contributed by atoms with E-state index in [1.165, 1.54) is 0 Å². The first-order valence-corrected chi connectivity index (χ1v) is 7.97. The van der Waals surface area contributed by atoms with Crippen LogP contribution in [0.4, 0.5) is 0 Å². The van der Waals surface area contributed by atoms with Crippen LogP contribution in [0.15, 0.2) is 33.5 Å².